The summed E-state index contributed by atoms with van der Waals surface area (Å²) < 4.78 is 25.6. The number of amidine groups is 1. The zero-order valence-electron chi connectivity index (χ0n) is 41.2. The third-order valence-electron chi connectivity index (χ3n) is 10.6. The maximum Gasteiger partial charge on any atom is 0.317 e. The van der Waals surface area contributed by atoms with E-state index < -0.39 is 35.3 Å². The predicted molar refractivity (Wildman–Crippen MR) is 242 cm³/mol. The topological polar surface area (TPSA) is 214 Å². The Hall–Kier alpha value is -4.16. The molecule has 0 bridgehead atoms. The average molecular weight is 893 g/mol. The number of esters is 2. The molecule has 2 saturated heterocycles. The highest BCUT2D eigenvalue weighted by molar-refractivity contribution is 6.02. The first-order valence-electron chi connectivity index (χ1n) is 22.1. The number of Topliss-reactive ketones (excluding diaryl/α,β-unsaturated/α-hetero) is 1. The molecule has 0 aliphatic carbocycles. The van der Waals surface area contributed by atoms with E-state index in [-0.39, 0.29) is 42.2 Å². The molecule has 4 rings (SSSR count). The summed E-state index contributed by atoms with van der Waals surface area (Å²) >= 11 is 0. The van der Waals surface area contributed by atoms with Crippen molar-refractivity contribution in [2.75, 3.05) is 35.4 Å². The van der Waals surface area contributed by atoms with Gasteiger partial charge in [0, 0.05) is 68.4 Å². The Morgan fingerprint density at radius 1 is 1.10 bits per heavy atom. The number of cyclic esters (lactones) is 1. The van der Waals surface area contributed by atoms with Gasteiger partial charge in [-0.2, -0.15) is 0 Å². The van der Waals surface area contributed by atoms with Crippen LogP contribution in [0.25, 0.3) is 11.3 Å². The molecule has 0 saturated carbocycles. The monoisotopic (exact) mass is 893 g/mol. The van der Waals surface area contributed by atoms with Crippen LogP contribution in [0.2, 0.25) is 0 Å². The van der Waals surface area contributed by atoms with Gasteiger partial charge < -0.3 is 38.3 Å². The largest absolute Gasteiger partial charge is 0.468 e. The first kappa shape index (κ1) is 58.8. The van der Waals surface area contributed by atoms with Crippen molar-refractivity contribution >= 4 is 29.8 Å². The number of hydrogen-bond acceptors (Lipinski definition) is 16. The molecule has 17 heteroatoms. The van der Waals surface area contributed by atoms with E-state index in [1.165, 1.54) is 19.8 Å². The summed E-state index contributed by atoms with van der Waals surface area (Å²) in [7, 11) is 8.52. The van der Waals surface area contributed by atoms with Crippen molar-refractivity contribution in [2.24, 2.45) is 34.6 Å². The normalized spacial score (nSPS) is 22.6. The number of carbonyl (C=O) groups is 4. The third kappa shape index (κ3) is 20.1. The van der Waals surface area contributed by atoms with E-state index in [9.17, 15) is 24.3 Å². The van der Waals surface area contributed by atoms with Gasteiger partial charge in [0.1, 0.15) is 53.9 Å². The first-order valence-corrected chi connectivity index (χ1v) is 22.1. The molecule has 0 amide bonds. The van der Waals surface area contributed by atoms with E-state index in [4.69, 9.17) is 23.6 Å². The number of hydrogen-bond donors (Lipinski definition) is 2. The summed E-state index contributed by atoms with van der Waals surface area (Å²) in [5.41, 5.74) is 3.09. The minimum atomic E-state index is -0.778. The minimum Gasteiger partial charge on any atom is -0.468 e. The molecule has 2 N–H and O–H groups in total. The average Bonchev–Trinajstić information content (AvgIpc) is 3.87. The molecule has 2 aliphatic heterocycles. The highest BCUT2D eigenvalue weighted by Gasteiger charge is 2.51. The van der Waals surface area contributed by atoms with E-state index in [2.05, 4.69) is 49.1 Å². The number of nitrogens with one attached hydrogen (secondary N) is 1. The fourth-order valence-electron chi connectivity index (χ4n) is 7.30. The van der Waals surface area contributed by atoms with Gasteiger partial charge in [0.05, 0.1) is 18.8 Å². The van der Waals surface area contributed by atoms with Crippen LogP contribution in [0, 0.1) is 29.6 Å². The van der Waals surface area contributed by atoms with E-state index in [1.54, 1.807) is 46.5 Å². The van der Waals surface area contributed by atoms with Crippen LogP contribution in [0.3, 0.4) is 0 Å². The summed E-state index contributed by atoms with van der Waals surface area (Å²) in [5.74, 6) is -1.79. The molecule has 360 valence electrons. The number of ketones is 1. The van der Waals surface area contributed by atoms with Crippen molar-refractivity contribution in [3.8, 4) is 11.3 Å². The lowest BCUT2D eigenvalue weighted by molar-refractivity contribution is -0.172. The standard InChI is InChI=1S/C18H23N5O4.C15H26O5.C8H17NO2.C3H8.C2H6/c1-5-12-15(17(24)27-18(12,2)3)16(19-4)23-26-10-14-20-8-11(9-21-14)13-6-7-25-22-13;1-10(9-16)7-15(4,20-6)8-11(2)13(17)12(3)14(18)19-5;1-6-4-7(9(2)3)5-8(10)11-6;1-3-2;1-2/h6-9,12,15H,5,10H2,1-4H3,(H,19,23);9-12H,7-8H2,1-6H3;6-8,10H,4-5H2,1-3H3;3H2,1-2H3;1-2H3/t;10-,11?,12?,15-;;;/m.1.../s1. The summed E-state index contributed by atoms with van der Waals surface area (Å²) in [5, 5.41) is 13.1. The van der Waals surface area contributed by atoms with Crippen LogP contribution < -0.4 is 5.48 Å². The number of nitrogens with zero attached hydrogens (tertiary/aromatic N) is 5. The van der Waals surface area contributed by atoms with Gasteiger partial charge in [-0.3, -0.25) is 29.7 Å². The molecule has 0 radical (unpaired) electrons. The number of aromatic nitrogens is 3. The van der Waals surface area contributed by atoms with Gasteiger partial charge in [0.15, 0.2) is 12.1 Å². The summed E-state index contributed by atoms with van der Waals surface area (Å²) in [6, 6.07) is 2.20. The molecule has 63 heavy (non-hydrogen) atoms. The van der Waals surface area contributed by atoms with E-state index in [0.29, 0.717) is 36.2 Å². The smallest absolute Gasteiger partial charge is 0.317 e. The number of carbonyl (C=O) groups excluding carboxylic acids is 4. The second-order valence-electron chi connectivity index (χ2n) is 16.7. The van der Waals surface area contributed by atoms with Crippen molar-refractivity contribution in [3.05, 3.63) is 30.5 Å². The number of ether oxygens (including phenoxy) is 4. The molecule has 7 unspecified atom stereocenters. The van der Waals surface area contributed by atoms with Gasteiger partial charge in [-0.1, -0.05) is 60.0 Å². The fourth-order valence-corrected chi connectivity index (χ4v) is 7.30. The van der Waals surface area contributed by atoms with Crippen LogP contribution in [0.1, 0.15) is 127 Å². The molecular formula is C46H80N6O11. The van der Waals surface area contributed by atoms with Crippen LogP contribution in [-0.4, -0.2) is 120 Å². The van der Waals surface area contributed by atoms with Crippen molar-refractivity contribution in [1.29, 1.82) is 0 Å². The lowest BCUT2D eigenvalue weighted by Crippen LogP contribution is -2.41. The van der Waals surface area contributed by atoms with Crippen LogP contribution in [-0.2, 0) is 49.6 Å². The Bertz CT molecular complexity index is 1610. The van der Waals surface area contributed by atoms with Crippen LogP contribution in [0.5, 0.6) is 0 Å². The second kappa shape index (κ2) is 30.1. The van der Waals surface area contributed by atoms with Gasteiger partial charge in [-0.15, -0.1) is 0 Å². The highest BCUT2D eigenvalue weighted by Crippen LogP contribution is 2.39. The Kier molecular flexibility index (Phi) is 28.1. The quantitative estimate of drug-likeness (QED) is 0.0431. The summed E-state index contributed by atoms with van der Waals surface area (Å²) in [4.78, 5) is 66.9. The minimum absolute atomic E-state index is 0.0118. The zero-order chi connectivity index (χ0) is 48.5. The van der Waals surface area contributed by atoms with E-state index in [0.717, 1.165) is 31.1 Å². The molecular weight excluding hydrogens is 813 g/mol. The highest BCUT2D eigenvalue weighted by atomic mass is 16.6. The number of hydroxylamine groups is 1. The molecule has 4 heterocycles. The number of rotatable bonds is 16. The molecule has 0 spiro atoms. The zero-order valence-corrected chi connectivity index (χ0v) is 41.2. The van der Waals surface area contributed by atoms with Gasteiger partial charge in [-0.25, -0.2) is 9.97 Å². The lowest BCUT2D eigenvalue weighted by Gasteiger charge is -2.34. The molecule has 0 aromatic carbocycles. The molecule has 2 aliphatic rings. The molecule has 17 nitrogen and oxygen atoms in total. The van der Waals surface area contributed by atoms with Crippen molar-refractivity contribution in [3.63, 3.8) is 0 Å². The Morgan fingerprint density at radius 2 is 1.70 bits per heavy atom. The SMILES string of the molecule is CC.CC1CC(N(C)C)CC(O)O1.CCC.CCC1C(C(=NC)NOCc2ncc(-c3ccon3)cn2)C(=O)OC1(C)C.COC(=O)C(C)C(=O)C(C)C[C@@](C)(C[C@@H](C)C=O)OC. The van der Waals surface area contributed by atoms with Crippen LogP contribution in [0.15, 0.2) is 34.2 Å². The van der Waals surface area contributed by atoms with Crippen LogP contribution >= 0.6 is 0 Å². The lowest BCUT2D eigenvalue weighted by atomic mass is 9.80. The third-order valence-corrected chi connectivity index (χ3v) is 10.6. The molecule has 2 aromatic heterocycles. The number of aliphatic hydroxyl groups is 1. The molecule has 9 atom stereocenters. The van der Waals surface area contributed by atoms with Crippen LogP contribution in [0.4, 0.5) is 0 Å². The van der Waals surface area contributed by atoms with Gasteiger partial charge in [0.25, 0.3) is 0 Å². The van der Waals surface area contributed by atoms with Crippen molar-refractivity contribution < 1.29 is 52.6 Å². The molecule has 2 fully saturated rings. The Labute approximate surface area is 376 Å². The number of aliphatic hydroxyl groups excluding tert-OH is 1. The van der Waals surface area contributed by atoms with Gasteiger partial charge in [-0.05, 0) is 74.4 Å². The number of aldehydes is 1. The fraction of sp³-hybridized carbons (Fsp3) is 0.739. The van der Waals surface area contributed by atoms with E-state index >= 15 is 0 Å². The number of methoxy groups -OCH3 is 2. The maximum atomic E-state index is 12.3. The van der Waals surface area contributed by atoms with Crippen molar-refractivity contribution in [2.45, 2.75) is 158 Å². The van der Waals surface area contributed by atoms with E-state index in [1.807, 2.05) is 69.5 Å². The summed E-state index contributed by atoms with van der Waals surface area (Å²) in [6.07, 6.45) is 10.1. The number of aliphatic imine (C=N–C) groups is 1. The second-order valence-corrected chi connectivity index (χ2v) is 16.7. The Balaban J connectivity index is 0.000000935. The predicted octanol–water partition coefficient (Wildman–Crippen LogP) is 7.06. The first-order chi connectivity index (χ1) is 29.7. The maximum absolute atomic E-state index is 12.3. The van der Waals surface area contributed by atoms with Gasteiger partial charge in [0.2, 0.25) is 0 Å². The Morgan fingerprint density at radius 3 is 2.16 bits per heavy atom. The molecule has 2 aromatic rings. The van der Waals surface area contributed by atoms with Gasteiger partial charge >= 0.3 is 11.9 Å². The summed E-state index contributed by atoms with van der Waals surface area (Å²) in [6.45, 7) is 23.2. The van der Waals surface area contributed by atoms with Crippen molar-refractivity contribution in [1.82, 2.24) is 25.5 Å².